The van der Waals surface area contributed by atoms with Gasteiger partial charge in [0.1, 0.15) is 23.2 Å². The van der Waals surface area contributed by atoms with Crippen molar-refractivity contribution in [2.24, 2.45) is 0 Å². The van der Waals surface area contributed by atoms with E-state index in [2.05, 4.69) is 9.97 Å². The topological polar surface area (TPSA) is 105 Å². The van der Waals surface area contributed by atoms with Gasteiger partial charge in [0.15, 0.2) is 11.6 Å². The van der Waals surface area contributed by atoms with Gasteiger partial charge in [0, 0.05) is 13.0 Å². The number of aromatic nitrogens is 2. The van der Waals surface area contributed by atoms with Crippen molar-refractivity contribution in [1.29, 1.82) is 0 Å². The molecule has 30 heavy (non-hydrogen) atoms. The second-order valence-electron chi connectivity index (χ2n) is 7.80. The minimum absolute atomic E-state index is 0.0464. The predicted molar refractivity (Wildman–Crippen MR) is 112 cm³/mol. The molecule has 1 saturated heterocycles. The molecule has 0 bridgehead atoms. The molecule has 2 atom stereocenters. The van der Waals surface area contributed by atoms with Crippen LogP contribution in [0.5, 0.6) is 5.75 Å². The number of carboxylic acid groups (broad SMARTS) is 1. The Morgan fingerprint density at radius 2 is 2.03 bits per heavy atom. The molecule has 0 spiro atoms. The lowest BCUT2D eigenvalue weighted by molar-refractivity contribution is -0.184. The molecule has 162 valence electrons. The van der Waals surface area contributed by atoms with Crippen LogP contribution in [0.1, 0.15) is 44.4 Å². The average Bonchev–Trinajstić information content (AvgIpc) is 3.14. The number of benzene rings is 1. The van der Waals surface area contributed by atoms with Crippen LogP contribution in [0.2, 0.25) is 5.02 Å². The van der Waals surface area contributed by atoms with E-state index < -0.39 is 17.7 Å². The quantitative estimate of drug-likeness (QED) is 0.609. The third kappa shape index (κ3) is 5.59. The van der Waals surface area contributed by atoms with Crippen molar-refractivity contribution in [2.75, 3.05) is 18.0 Å². The van der Waals surface area contributed by atoms with Crippen LogP contribution in [0.3, 0.4) is 0 Å². The van der Waals surface area contributed by atoms with E-state index >= 15 is 0 Å². The maximum Gasteiger partial charge on any atom is 0.310 e. The Balaban J connectivity index is 1.62. The zero-order valence-electron chi connectivity index (χ0n) is 17.2. The fourth-order valence-corrected chi connectivity index (χ4v) is 3.42. The first-order valence-electron chi connectivity index (χ1n) is 9.74. The number of halogens is 1. The van der Waals surface area contributed by atoms with Crippen molar-refractivity contribution < 1.29 is 24.5 Å². The Labute approximate surface area is 180 Å². The van der Waals surface area contributed by atoms with Gasteiger partial charge in [-0.05, 0) is 38.5 Å². The molecule has 1 aromatic heterocycles. The molecule has 1 aliphatic heterocycles. The first-order chi connectivity index (χ1) is 14.1. The molecule has 0 aliphatic carbocycles. The highest BCUT2D eigenvalue weighted by Crippen LogP contribution is 2.30. The number of nitrogens with zero attached hydrogens (tertiary/aromatic N) is 3. The third-order valence-electron chi connectivity index (χ3n) is 4.90. The van der Waals surface area contributed by atoms with E-state index in [0.717, 1.165) is 18.5 Å². The summed E-state index contributed by atoms with van der Waals surface area (Å²) >= 11 is 6.48. The van der Waals surface area contributed by atoms with E-state index in [0.29, 0.717) is 28.8 Å². The largest absolute Gasteiger partial charge is 0.489 e. The molecule has 3 rings (SSSR count). The van der Waals surface area contributed by atoms with Crippen LogP contribution >= 0.6 is 11.6 Å². The lowest BCUT2D eigenvalue weighted by atomic mass is 10.0. The van der Waals surface area contributed by atoms with Gasteiger partial charge in [-0.2, -0.15) is 0 Å². The summed E-state index contributed by atoms with van der Waals surface area (Å²) in [5.74, 6) is -1.40. The lowest BCUT2D eigenvalue weighted by Gasteiger charge is -2.21. The maximum absolute atomic E-state index is 11.1. The minimum Gasteiger partial charge on any atom is -0.489 e. The van der Waals surface area contributed by atoms with Crippen molar-refractivity contribution in [2.45, 2.75) is 51.6 Å². The monoisotopic (exact) mass is 435 g/mol. The molecule has 8 nitrogen and oxygen atoms in total. The summed E-state index contributed by atoms with van der Waals surface area (Å²) < 4.78 is 11.4. The molecule has 1 aromatic carbocycles. The number of anilines is 1. The normalized spacial score (nSPS) is 17.8. The molecule has 1 fully saturated rings. The zero-order chi connectivity index (χ0) is 21.9. The molecule has 9 heteroatoms. The standard InChI is InChI=1S/C21H26ClN3O5/c1-13(20(26)27)14-4-6-15(7-5-14)30-16-8-9-25(10-16)19-18(22)17(23-12-24-19)11-29-21(2,3)28/h4-7,12-13,16,28H,8-11H2,1-3H3,(H,26,27)/t13?,16-/m1/s1. The van der Waals surface area contributed by atoms with Gasteiger partial charge in [0.05, 0.1) is 24.8 Å². The van der Waals surface area contributed by atoms with Gasteiger partial charge in [-0.3, -0.25) is 4.79 Å². The fourth-order valence-electron chi connectivity index (χ4n) is 3.15. The second-order valence-corrected chi connectivity index (χ2v) is 8.17. The van der Waals surface area contributed by atoms with E-state index in [9.17, 15) is 9.90 Å². The Kier molecular flexibility index (Phi) is 6.80. The first-order valence-corrected chi connectivity index (χ1v) is 10.1. The summed E-state index contributed by atoms with van der Waals surface area (Å²) in [5, 5.41) is 19.2. The van der Waals surface area contributed by atoms with Crippen LogP contribution in [0, 0.1) is 0 Å². The van der Waals surface area contributed by atoms with Crippen LogP contribution in [0.15, 0.2) is 30.6 Å². The van der Waals surface area contributed by atoms with Crippen molar-refractivity contribution in [1.82, 2.24) is 9.97 Å². The number of ether oxygens (including phenoxy) is 2. The number of carbonyl (C=O) groups is 1. The number of rotatable bonds is 8. The number of aliphatic carboxylic acids is 1. The molecule has 2 heterocycles. The summed E-state index contributed by atoms with van der Waals surface area (Å²) in [5.41, 5.74) is 1.24. The van der Waals surface area contributed by atoms with Gasteiger partial charge in [0.2, 0.25) is 0 Å². The fraction of sp³-hybridized carbons (Fsp3) is 0.476. The highest BCUT2D eigenvalue weighted by molar-refractivity contribution is 6.33. The first kappa shape index (κ1) is 22.3. The van der Waals surface area contributed by atoms with E-state index in [4.69, 9.17) is 26.2 Å². The molecular formula is C21H26ClN3O5. The Morgan fingerprint density at radius 3 is 2.67 bits per heavy atom. The van der Waals surface area contributed by atoms with E-state index in [1.54, 1.807) is 45.0 Å². The summed E-state index contributed by atoms with van der Waals surface area (Å²) in [6.07, 6.45) is 2.18. The molecule has 1 unspecified atom stereocenters. The van der Waals surface area contributed by atoms with Gasteiger partial charge in [-0.15, -0.1) is 0 Å². The maximum atomic E-state index is 11.1. The molecule has 0 radical (unpaired) electrons. The van der Waals surface area contributed by atoms with Crippen LogP contribution in [-0.2, 0) is 16.1 Å². The predicted octanol–water partition coefficient (Wildman–Crippen LogP) is 3.22. The average molecular weight is 436 g/mol. The minimum atomic E-state index is -1.28. The highest BCUT2D eigenvalue weighted by Gasteiger charge is 2.28. The molecule has 0 saturated carbocycles. The van der Waals surface area contributed by atoms with Crippen molar-refractivity contribution in [3.05, 3.63) is 46.9 Å². The molecule has 2 N–H and O–H groups in total. The molecule has 1 aliphatic rings. The van der Waals surface area contributed by atoms with Crippen molar-refractivity contribution in [3.8, 4) is 5.75 Å². The summed E-state index contributed by atoms with van der Waals surface area (Å²) in [6, 6.07) is 7.14. The van der Waals surface area contributed by atoms with E-state index in [1.165, 1.54) is 6.33 Å². The van der Waals surface area contributed by atoms with Crippen LogP contribution in [-0.4, -0.2) is 51.1 Å². The second kappa shape index (κ2) is 9.16. The Morgan fingerprint density at radius 1 is 1.33 bits per heavy atom. The zero-order valence-corrected chi connectivity index (χ0v) is 18.0. The van der Waals surface area contributed by atoms with Crippen LogP contribution < -0.4 is 9.64 Å². The van der Waals surface area contributed by atoms with Crippen LogP contribution in [0.25, 0.3) is 0 Å². The van der Waals surface area contributed by atoms with E-state index in [-0.39, 0.29) is 12.7 Å². The van der Waals surface area contributed by atoms with Gasteiger partial charge in [-0.25, -0.2) is 9.97 Å². The van der Waals surface area contributed by atoms with Gasteiger partial charge in [-0.1, -0.05) is 23.7 Å². The van der Waals surface area contributed by atoms with Gasteiger partial charge >= 0.3 is 5.97 Å². The number of carboxylic acids is 1. The Hall–Kier alpha value is -2.42. The number of hydrogen-bond donors (Lipinski definition) is 2. The van der Waals surface area contributed by atoms with Gasteiger partial charge < -0.3 is 24.6 Å². The third-order valence-corrected chi connectivity index (χ3v) is 5.29. The lowest BCUT2D eigenvalue weighted by Crippen LogP contribution is -2.26. The summed E-state index contributed by atoms with van der Waals surface area (Å²) in [6.45, 7) is 6.14. The highest BCUT2D eigenvalue weighted by atomic mass is 35.5. The van der Waals surface area contributed by atoms with Crippen molar-refractivity contribution >= 4 is 23.4 Å². The summed E-state index contributed by atoms with van der Waals surface area (Å²) in [4.78, 5) is 21.6. The van der Waals surface area contributed by atoms with Crippen molar-refractivity contribution in [3.63, 3.8) is 0 Å². The molecule has 0 amide bonds. The molecule has 2 aromatic rings. The Bertz CT molecular complexity index is 885. The molecular weight excluding hydrogens is 410 g/mol. The van der Waals surface area contributed by atoms with Gasteiger partial charge in [0.25, 0.3) is 0 Å². The smallest absolute Gasteiger partial charge is 0.310 e. The number of aliphatic hydroxyl groups is 1. The van der Waals surface area contributed by atoms with E-state index in [1.807, 2.05) is 4.90 Å². The SMILES string of the molecule is CC(C(=O)O)c1ccc(O[C@@H]2CCN(c3ncnc(COC(C)(C)O)c3Cl)C2)cc1. The number of hydrogen-bond acceptors (Lipinski definition) is 7. The summed E-state index contributed by atoms with van der Waals surface area (Å²) in [7, 11) is 0. The van der Waals surface area contributed by atoms with Crippen LogP contribution in [0.4, 0.5) is 5.82 Å².